The molecule has 1 amide bonds. The van der Waals surface area contributed by atoms with Crippen LogP contribution in [0.15, 0.2) is 4.52 Å². The number of amides is 1. The monoisotopic (exact) mass is 314 g/mol. The fraction of sp³-hybridized carbons (Fsp3) is 0.733. The van der Waals surface area contributed by atoms with E-state index in [0.717, 1.165) is 36.9 Å². The molecule has 1 aliphatic rings. The van der Waals surface area contributed by atoms with Crippen LogP contribution in [0.2, 0.25) is 5.22 Å². The van der Waals surface area contributed by atoms with Crippen LogP contribution in [0.3, 0.4) is 0 Å². The maximum Gasteiger partial charge on any atom is 0.229 e. The zero-order valence-electron chi connectivity index (χ0n) is 12.4. The van der Waals surface area contributed by atoms with Crippen molar-refractivity contribution < 1.29 is 14.4 Å². The van der Waals surface area contributed by atoms with Crippen molar-refractivity contribution in [3.8, 4) is 0 Å². The number of aromatic nitrogens is 1. The minimum Gasteiger partial charge on any atom is -0.396 e. The molecule has 1 aromatic heterocycles. The molecule has 1 aliphatic carbocycles. The molecular formula is C15H23ClN2O3. The lowest BCUT2D eigenvalue weighted by Crippen LogP contribution is -2.41. The average molecular weight is 315 g/mol. The van der Waals surface area contributed by atoms with Crippen molar-refractivity contribution in [3.05, 3.63) is 16.5 Å². The lowest BCUT2D eigenvalue weighted by molar-refractivity contribution is -0.122. The zero-order valence-corrected chi connectivity index (χ0v) is 13.2. The molecule has 0 radical (unpaired) electrons. The van der Waals surface area contributed by atoms with Crippen molar-refractivity contribution in [2.45, 2.75) is 57.9 Å². The Morgan fingerprint density at radius 3 is 2.86 bits per heavy atom. The third kappa shape index (κ3) is 4.45. The topological polar surface area (TPSA) is 75.4 Å². The van der Waals surface area contributed by atoms with Crippen LogP contribution < -0.4 is 5.32 Å². The minimum atomic E-state index is -0.00276. The predicted molar refractivity (Wildman–Crippen MR) is 80.2 cm³/mol. The Labute approximate surface area is 130 Å². The number of carbonyl (C=O) groups excluding carboxylic acids is 1. The van der Waals surface area contributed by atoms with E-state index < -0.39 is 0 Å². The van der Waals surface area contributed by atoms with Gasteiger partial charge in [0.15, 0.2) is 0 Å². The van der Waals surface area contributed by atoms with Crippen LogP contribution in [0.5, 0.6) is 0 Å². The van der Waals surface area contributed by atoms with E-state index in [1.54, 1.807) is 0 Å². The van der Waals surface area contributed by atoms with E-state index >= 15 is 0 Å². The van der Waals surface area contributed by atoms with Gasteiger partial charge in [0.1, 0.15) is 0 Å². The molecule has 0 spiro atoms. The largest absolute Gasteiger partial charge is 0.396 e. The molecule has 2 atom stereocenters. The maximum atomic E-state index is 12.1. The molecule has 0 saturated heterocycles. The first-order valence-corrected chi connectivity index (χ1v) is 8.00. The molecule has 5 nitrogen and oxygen atoms in total. The standard InChI is InChI=1S/C15H23ClN2O3/c1-10-12(15(16)21-18-10)7-8-14(20)17-13-6-4-2-3-5-11(13)9-19/h11,13,19H,2-9H2,1H3,(H,17,20). The molecular weight excluding hydrogens is 292 g/mol. The van der Waals surface area contributed by atoms with Gasteiger partial charge in [-0.05, 0) is 37.8 Å². The van der Waals surface area contributed by atoms with E-state index in [1.807, 2.05) is 6.92 Å². The smallest absolute Gasteiger partial charge is 0.229 e. The predicted octanol–water partition coefficient (Wildman–Crippen LogP) is 2.63. The highest BCUT2D eigenvalue weighted by atomic mass is 35.5. The van der Waals surface area contributed by atoms with Gasteiger partial charge in [0.2, 0.25) is 11.1 Å². The highest BCUT2D eigenvalue weighted by molar-refractivity contribution is 6.29. The van der Waals surface area contributed by atoms with Gasteiger partial charge in [-0.1, -0.05) is 24.4 Å². The Morgan fingerprint density at radius 1 is 1.43 bits per heavy atom. The van der Waals surface area contributed by atoms with Gasteiger partial charge in [-0.25, -0.2) is 0 Å². The summed E-state index contributed by atoms with van der Waals surface area (Å²) in [5.41, 5.74) is 1.53. The van der Waals surface area contributed by atoms with Crippen LogP contribution in [-0.4, -0.2) is 28.8 Å². The Balaban J connectivity index is 1.85. The van der Waals surface area contributed by atoms with E-state index in [9.17, 15) is 9.90 Å². The summed E-state index contributed by atoms with van der Waals surface area (Å²) in [7, 11) is 0. The molecule has 2 rings (SSSR count). The number of nitrogens with zero attached hydrogens (tertiary/aromatic N) is 1. The van der Waals surface area contributed by atoms with E-state index in [2.05, 4.69) is 10.5 Å². The minimum absolute atomic E-state index is 0.00276. The van der Waals surface area contributed by atoms with Gasteiger partial charge in [-0.2, -0.15) is 0 Å². The molecule has 2 unspecified atom stereocenters. The number of aliphatic hydroxyl groups excluding tert-OH is 1. The summed E-state index contributed by atoms with van der Waals surface area (Å²) in [5, 5.41) is 16.6. The highest BCUT2D eigenvalue weighted by Crippen LogP contribution is 2.24. The number of aliphatic hydroxyl groups is 1. The summed E-state index contributed by atoms with van der Waals surface area (Å²) >= 11 is 5.89. The van der Waals surface area contributed by atoms with Gasteiger partial charge in [0.05, 0.1) is 5.69 Å². The maximum absolute atomic E-state index is 12.1. The molecule has 1 heterocycles. The van der Waals surface area contributed by atoms with Crippen LogP contribution in [0.1, 0.15) is 49.8 Å². The lowest BCUT2D eigenvalue weighted by Gasteiger charge is -2.24. The van der Waals surface area contributed by atoms with Crippen molar-refractivity contribution in [1.82, 2.24) is 10.5 Å². The Kier molecular flexibility index (Phi) is 6.06. The second-order valence-electron chi connectivity index (χ2n) is 5.77. The number of hydrogen-bond acceptors (Lipinski definition) is 4. The summed E-state index contributed by atoms with van der Waals surface area (Å²) in [6.07, 6.45) is 6.23. The Bertz CT molecular complexity index is 456. The number of aryl methyl sites for hydroxylation is 1. The summed E-state index contributed by atoms with van der Waals surface area (Å²) in [4.78, 5) is 12.1. The molecule has 1 saturated carbocycles. The molecule has 118 valence electrons. The molecule has 0 bridgehead atoms. The summed E-state index contributed by atoms with van der Waals surface area (Å²) in [6, 6.07) is 0.0871. The quantitative estimate of drug-likeness (QED) is 0.819. The molecule has 0 aliphatic heterocycles. The molecule has 1 aromatic rings. The van der Waals surface area contributed by atoms with Gasteiger partial charge in [0.25, 0.3) is 0 Å². The van der Waals surface area contributed by atoms with Gasteiger partial charge < -0.3 is 14.9 Å². The molecule has 21 heavy (non-hydrogen) atoms. The Hall–Kier alpha value is -1.07. The van der Waals surface area contributed by atoms with Gasteiger partial charge in [-0.15, -0.1) is 0 Å². The van der Waals surface area contributed by atoms with Gasteiger partial charge >= 0.3 is 0 Å². The average Bonchev–Trinajstić information content (AvgIpc) is 2.66. The first-order valence-electron chi connectivity index (χ1n) is 7.62. The molecule has 6 heteroatoms. The van der Waals surface area contributed by atoms with Crippen molar-refractivity contribution >= 4 is 17.5 Å². The van der Waals surface area contributed by atoms with Crippen molar-refractivity contribution in [2.24, 2.45) is 5.92 Å². The normalized spacial score (nSPS) is 22.8. The third-order valence-electron chi connectivity index (χ3n) is 4.28. The highest BCUT2D eigenvalue weighted by Gasteiger charge is 2.24. The van der Waals surface area contributed by atoms with Crippen LogP contribution in [0.25, 0.3) is 0 Å². The molecule has 2 N–H and O–H groups in total. The van der Waals surface area contributed by atoms with E-state index in [4.69, 9.17) is 16.1 Å². The van der Waals surface area contributed by atoms with Crippen molar-refractivity contribution in [2.75, 3.05) is 6.61 Å². The lowest BCUT2D eigenvalue weighted by atomic mass is 9.95. The first kappa shape index (κ1) is 16.3. The third-order valence-corrected chi connectivity index (χ3v) is 4.58. The second-order valence-corrected chi connectivity index (χ2v) is 6.12. The van der Waals surface area contributed by atoms with Crippen LogP contribution >= 0.6 is 11.6 Å². The Morgan fingerprint density at radius 2 is 2.19 bits per heavy atom. The SMILES string of the molecule is Cc1noc(Cl)c1CCC(=O)NC1CCCCCC1CO. The second kappa shape index (κ2) is 7.80. The fourth-order valence-corrected chi connectivity index (χ4v) is 3.22. The summed E-state index contributed by atoms with van der Waals surface area (Å²) in [5.74, 6) is 0.175. The van der Waals surface area contributed by atoms with Crippen molar-refractivity contribution in [3.63, 3.8) is 0 Å². The van der Waals surface area contributed by atoms with E-state index in [0.29, 0.717) is 12.8 Å². The zero-order chi connectivity index (χ0) is 15.2. The number of halogens is 1. The van der Waals surface area contributed by atoms with Crippen molar-refractivity contribution in [1.29, 1.82) is 0 Å². The number of hydrogen-bond donors (Lipinski definition) is 2. The summed E-state index contributed by atoms with van der Waals surface area (Å²) in [6.45, 7) is 1.96. The van der Waals surface area contributed by atoms with Crippen LogP contribution in [-0.2, 0) is 11.2 Å². The summed E-state index contributed by atoms with van der Waals surface area (Å²) < 4.78 is 4.88. The molecule has 0 aromatic carbocycles. The van der Waals surface area contributed by atoms with Gasteiger partial charge in [-0.3, -0.25) is 4.79 Å². The fourth-order valence-electron chi connectivity index (χ4n) is 2.95. The first-order chi connectivity index (χ1) is 10.1. The van der Waals surface area contributed by atoms with E-state index in [-0.39, 0.29) is 29.7 Å². The van der Waals surface area contributed by atoms with E-state index in [1.165, 1.54) is 6.42 Å². The number of carbonyl (C=O) groups is 1. The van der Waals surface area contributed by atoms with Crippen LogP contribution in [0, 0.1) is 12.8 Å². The number of rotatable bonds is 5. The van der Waals surface area contributed by atoms with Crippen LogP contribution in [0.4, 0.5) is 0 Å². The number of nitrogens with one attached hydrogen (secondary N) is 1. The van der Waals surface area contributed by atoms with Gasteiger partial charge in [0, 0.05) is 30.6 Å². The molecule has 1 fully saturated rings.